The lowest BCUT2D eigenvalue weighted by molar-refractivity contribution is -0.122. The summed E-state index contributed by atoms with van der Waals surface area (Å²) >= 11 is 0. The van der Waals surface area contributed by atoms with Gasteiger partial charge in [-0.1, -0.05) is 36.8 Å². The number of hydrogen-bond acceptors (Lipinski definition) is 3. The second-order valence-corrected chi connectivity index (χ2v) is 7.20. The normalized spacial score (nSPS) is 26.8. The molecule has 2 N–H and O–H groups in total. The Morgan fingerprint density at radius 1 is 1.17 bits per heavy atom. The zero-order valence-corrected chi connectivity index (χ0v) is 14.6. The second kappa shape index (κ2) is 9.80. The Labute approximate surface area is 145 Å². The molecule has 1 heterocycles. The van der Waals surface area contributed by atoms with Crippen molar-refractivity contribution in [3.05, 3.63) is 35.9 Å². The predicted molar refractivity (Wildman–Crippen MR) is 96.0 cm³/mol. The molecule has 1 saturated heterocycles. The van der Waals surface area contributed by atoms with Gasteiger partial charge in [0.15, 0.2) is 0 Å². The number of rotatable bonds is 5. The molecule has 2 aliphatic rings. The van der Waals surface area contributed by atoms with E-state index in [1.54, 1.807) is 0 Å². The highest BCUT2D eigenvalue weighted by molar-refractivity contribution is 5.32. The van der Waals surface area contributed by atoms with Crippen LogP contribution in [0.15, 0.2) is 30.3 Å². The number of aliphatic hydroxyl groups excluding tert-OH is 1. The summed E-state index contributed by atoms with van der Waals surface area (Å²) in [4.78, 5) is 11.0. The smallest absolute Gasteiger partial charge is 0.290 e. The van der Waals surface area contributed by atoms with Crippen molar-refractivity contribution in [2.45, 2.75) is 57.5 Å². The maximum absolute atomic E-state index is 10.3. The lowest BCUT2D eigenvalue weighted by Crippen LogP contribution is -2.47. The van der Waals surface area contributed by atoms with Gasteiger partial charge in [-0.05, 0) is 63.6 Å². The molecule has 134 valence electrons. The third-order valence-corrected chi connectivity index (χ3v) is 5.58. The van der Waals surface area contributed by atoms with Gasteiger partial charge >= 0.3 is 0 Å². The molecule has 2 atom stereocenters. The van der Waals surface area contributed by atoms with E-state index in [-0.39, 0.29) is 18.0 Å². The lowest BCUT2D eigenvalue weighted by Gasteiger charge is -2.42. The highest BCUT2D eigenvalue weighted by Gasteiger charge is 2.44. The van der Waals surface area contributed by atoms with Crippen LogP contribution in [0, 0.1) is 5.41 Å². The fourth-order valence-electron chi connectivity index (χ4n) is 4.35. The highest BCUT2D eigenvalue weighted by Crippen LogP contribution is 2.44. The van der Waals surface area contributed by atoms with Crippen LogP contribution in [-0.4, -0.2) is 47.3 Å². The van der Waals surface area contributed by atoms with Crippen molar-refractivity contribution < 1.29 is 15.0 Å². The molecule has 1 aliphatic heterocycles. The molecule has 2 fully saturated rings. The van der Waals surface area contributed by atoms with Crippen LogP contribution in [0.2, 0.25) is 0 Å². The van der Waals surface area contributed by atoms with Crippen LogP contribution in [0.3, 0.4) is 0 Å². The first-order valence-corrected chi connectivity index (χ1v) is 9.22. The molecule has 1 spiro atoms. The summed E-state index contributed by atoms with van der Waals surface area (Å²) < 4.78 is 0. The van der Waals surface area contributed by atoms with Crippen LogP contribution in [0.5, 0.6) is 0 Å². The minimum absolute atomic E-state index is 0.0374. The fraction of sp³-hybridized carbons (Fsp3) is 0.650. The standard InChI is InChI=1S/C19H29NO.CH2O2/c21-18-11-6-12-19(18)13-7-15-20(16-19)14-5-4-10-17-8-2-1-3-9-17;2-1-3/h1-3,8-9,18,21H,4-7,10-16H2;1H,(H,2,3)/t18-,19+;/m1./s1. The molecule has 1 aliphatic carbocycles. The fourth-order valence-corrected chi connectivity index (χ4v) is 4.35. The molecule has 24 heavy (non-hydrogen) atoms. The average molecular weight is 333 g/mol. The topological polar surface area (TPSA) is 60.8 Å². The predicted octanol–water partition coefficient (Wildman–Crippen LogP) is 3.34. The molecule has 3 rings (SSSR count). The number of nitrogens with zero attached hydrogens (tertiary/aromatic N) is 1. The molecule has 1 aromatic carbocycles. The number of unbranched alkanes of at least 4 members (excludes halogenated alkanes) is 1. The van der Waals surface area contributed by atoms with E-state index in [9.17, 15) is 5.11 Å². The molecule has 1 aromatic rings. The van der Waals surface area contributed by atoms with Crippen molar-refractivity contribution >= 4 is 6.47 Å². The number of hydrogen-bond donors (Lipinski definition) is 2. The molecular weight excluding hydrogens is 302 g/mol. The summed E-state index contributed by atoms with van der Waals surface area (Å²) in [7, 11) is 0. The quantitative estimate of drug-likeness (QED) is 0.641. The van der Waals surface area contributed by atoms with Crippen molar-refractivity contribution in [3.63, 3.8) is 0 Å². The molecule has 0 amide bonds. The maximum Gasteiger partial charge on any atom is 0.290 e. The summed E-state index contributed by atoms with van der Waals surface area (Å²) in [5.74, 6) is 0. The van der Waals surface area contributed by atoms with Crippen LogP contribution in [-0.2, 0) is 11.2 Å². The number of likely N-dealkylation sites (tertiary alicyclic amines) is 1. The molecule has 0 aromatic heterocycles. The van der Waals surface area contributed by atoms with E-state index in [1.165, 1.54) is 63.6 Å². The Balaban J connectivity index is 0.000000647. The Morgan fingerprint density at radius 3 is 2.54 bits per heavy atom. The lowest BCUT2D eigenvalue weighted by atomic mass is 9.76. The zero-order valence-electron chi connectivity index (χ0n) is 14.6. The van der Waals surface area contributed by atoms with Crippen LogP contribution < -0.4 is 0 Å². The van der Waals surface area contributed by atoms with E-state index in [1.807, 2.05) is 0 Å². The summed E-state index contributed by atoms with van der Waals surface area (Å²) in [6.45, 7) is 3.33. The van der Waals surface area contributed by atoms with Gasteiger partial charge in [0.05, 0.1) is 6.10 Å². The van der Waals surface area contributed by atoms with Crippen molar-refractivity contribution in [3.8, 4) is 0 Å². The number of carbonyl (C=O) groups is 1. The van der Waals surface area contributed by atoms with Crippen molar-refractivity contribution in [1.29, 1.82) is 0 Å². The van der Waals surface area contributed by atoms with Crippen molar-refractivity contribution in [2.24, 2.45) is 5.41 Å². The van der Waals surface area contributed by atoms with Crippen LogP contribution in [0.4, 0.5) is 0 Å². The number of piperidine rings is 1. The summed E-state index contributed by atoms with van der Waals surface area (Å²) in [6.07, 6.45) is 9.73. The first-order chi connectivity index (χ1) is 11.7. The van der Waals surface area contributed by atoms with E-state index in [0.717, 1.165) is 13.0 Å². The Bertz CT molecular complexity index is 479. The Morgan fingerprint density at radius 2 is 1.88 bits per heavy atom. The van der Waals surface area contributed by atoms with E-state index in [4.69, 9.17) is 9.90 Å². The first kappa shape index (κ1) is 18.9. The molecule has 0 radical (unpaired) electrons. The minimum Gasteiger partial charge on any atom is -0.483 e. The monoisotopic (exact) mass is 333 g/mol. The third kappa shape index (κ3) is 5.32. The average Bonchev–Trinajstić information content (AvgIpc) is 2.93. The van der Waals surface area contributed by atoms with E-state index >= 15 is 0 Å². The highest BCUT2D eigenvalue weighted by atomic mass is 16.3. The maximum atomic E-state index is 10.3. The van der Waals surface area contributed by atoms with E-state index in [2.05, 4.69) is 35.2 Å². The van der Waals surface area contributed by atoms with Gasteiger partial charge in [0.25, 0.3) is 6.47 Å². The number of aryl methyl sites for hydroxylation is 1. The van der Waals surface area contributed by atoms with Gasteiger partial charge in [-0.25, -0.2) is 0 Å². The molecular formula is C20H31NO3. The van der Waals surface area contributed by atoms with E-state index < -0.39 is 0 Å². The van der Waals surface area contributed by atoms with Crippen molar-refractivity contribution in [2.75, 3.05) is 19.6 Å². The van der Waals surface area contributed by atoms with Crippen LogP contribution in [0.1, 0.15) is 50.5 Å². The van der Waals surface area contributed by atoms with Gasteiger partial charge in [0.1, 0.15) is 0 Å². The SMILES string of the molecule is O=CO.O[C@@H]1CCC[C@@]12CCCN(CCCCc1ccccc1)C2. The molecule has 1 saturated carbocycles. The Kier molecular flexibility index (Phi) is 7.73. The second-order valence-electron chi connectivity index (χ2n) is 7.20. The van der Waals surface area contributed by atoms with Crippen molar-refractivity contribution in [1.82, 2.24) is 4.90 Å². The summed E-state index contributed by atoms with van der Waals surface area (Å²) in [5.41, 5.74) is 1.70. The minimum atomic E-state index is -0.250. The Hall–Kier alpha value is -1.39. The van der Waals surface area contributed by atoms with Gasteiger partial charge in [-0.15, -0.1) is 0 Å². The van der Waals surface area contributed by atoms with Gasteiger partial charge in [0.2, 0.25) is 0 Å². The molecule has 4 nitrogen and oxygen atoms in total. The van der Waals surface area contributed by atoms with Gasteiger partial charge in [-0.2, -0.15) is 0 Å². The van der Waals surface area contributed by atoms with Crippen LogP contribution in [0.25, 0.3) is 0 Å². The number of aliphatic hydroxyl groups is 1. The molecule has 0 unspecified atom stereocenters. The molecule has 0 bridgehead atoms. The third-order valence-electron chi connectivity index (χ3n) is 5.58. The number of benzene rings is 1. The summed E-state index contributed by atoms with van der Waals surface area (Å²) in [5, 5.41) is 17.2. The van der Waals surface area contributed by atoms with Gasteiger partial charge in [-0.3, -0.25) is 4.79 Å². The molecule has 4 heteroatoms. The van der Waals surface area contributed by atoms with Crippen LogP contribution >= 0.6 is 0 Å². The van der Waals surface area contributed by atoms with Gasteiger partial charge < -0.3 is 15.1 Å². The first-order valence-electron chi connectivity index (χ1n) is 9.22. The zero-order chi connectivity index (χ0) is 17.3. The van der Waals surface area contributed by atoms with E-state index in [0.29, 0.717) is 0 Å². The number of carboxylic acid groups (broad SMARTS) is 1. The van der Waals surface area contributed by atoms with Gasteiger partial charge in [0, 0.05) is 12.0 Å². The largest absolute Gasteiger partial charge is 0.483 e. The summed E-state index contributed by atoms with van der Waals surface area (Å²) in [6, 6.07) is 10.8.